The number of ketones is 4. The molecule has 0 aliphatic carbocycles. The number of hydrazine groups is 1. The average Bonchev–Trinajstić information content (AvgIpc) is 1.69. The third-order valence-corrected chi connectivity index (χ3v) is 18.8. The second-order valence-corrected chi connectivity index (χ2v) is 26.9. The van der Waals surface area contributed by atoms with Crippen LogP contribution in [0.25, 0.3) is 0 Å². The monoisotopic (exact) mass is 1420 g/mol. The van der Waals surface area contributed by atoms with Gasteiger partial charge in [0.25, 0.3) is 0 Å². The van der Waals surface area contributed by atoms with Gasteiger partial charge in [0.15, 0.2) is 0 Å². The number of benzene rings is 4. The van der Waals surface area contributed by atoms with Gasteiger partial charge in [-0.2, -0.15) is 0 Å². The van der Waals surface area contributed by atoms with Gasteiger partial charge in [0.05, 0.1) is 30.8 Å². The van der Waals surface area contributed by atoms with E-state index in [0.717, 1.165) is 213 Å². The van der Waals surface area contributed by atoms with Gasteiger partial charge in [-0.05, 0) is 152 Å². The first kappa shape index (κ1) is 89.2. The number of hydrogen-bond acceptors (Lipinski definition) is 23. The second kappa shape index (κ2) is 51.2. The number of aliphatic hydroxyl groups is 3. The van der Waals surface area contributed by atoms with Crippen molar-refractivity contribution in [3.05, 3.63) is 154 Å². The van der Waals surface area contributed by atoms with E-state index in [-0.39, 0.29) is 77.5 Å². The molecule has 4 atom stereocenters. The van der Waals surface area contributed by atoms with Crippen molar-refractivity contribution in [1.29, 1.82) is 0 Å². The summed E-state index contributed by atoms with van der Waals surface area (Å²) in [5.74, 6) is 8.86. The standard InChI is InChI=1S/C16H24N2O2.C16H23NO2.C15H20N2O2.C13H17NO.C8H14N2O2.C6H11NO.CH4O.H4N2.HNO2.Na/c17-12-15(19)11-16(20)7-4-9-18(10-8-16)13-14-5-2-1-3-6-14;1-14(18)12-16(19)8-5-10-17(11-9-16)13-15-6-3-2-4-7-15;18-14-16-12-15(19-14)7-4-9-17(10-8-15)11-13-5-2-1-3-6-13;15-13-7-4-9-14(10-8-13)11-12-5-2-1-3-6-12;11-7-10-6-8(12-7)2-1-4-9-5-3-8;8-6-2-1-4-7-5-3-6;2*1-2;2-1-3;/h1-3,5-6,20H,4,7-13,17H2;2-4,6-7,19H,5,8-13H2,1H3;1-3,5-6H,4,7-12H2,(H,16,18);1-3,5-6H,4,7-11H2;9H,1-6H2,(H,10,11);7H,1-5H2;2H,1H3;1-2H2;(H,2,3);/q;;;;;;;;;+1/p-1. The summed E-state index contributed by atoms with van der Waals surface area (Å²) in [7, 11) is 1.00. The van der Waals surface area contributed by atoms with Gasteiger partial charge >= 0.3 is 41.7 Å². The zero-order chi connectivity index (χ0) is 72.8. The number of nitrogens with two attached hydrogens (primary N) is 3. The van der Waals surface area contributed by atoms with Gasteiger partial charge in [0, 0.05) is 117 Å². The third kappa shape index (κ3) is 37.3. The number of Topliss-reactive ketones (excluding diaryl/α,β-unsaturated/α-hetero) is 4. The van der Waals surface area contributed by atoms with Gasteiger partial charge in [0.2, 0.25) is 0 Å². The minimum Gasteiger partial charge on any atom is -0.444 e. The van der Waals surface area contributed by atoms with Gasteiger partial charge in [-0.1, -0.05) is 121 Å². The van der Waals surface area contributed by atoms with E-state index in [1.165, 1.54) is 22.3 Å². The number of nitrogens with one attached hydrogen (secondary N) is 4. The Morgan fingerprint density at radius 3 is 1.28 bits per heavy atom. The Morgan fingerprint density at radius 1 is 0.475 bits per heavy atom. The molecule has 26 heteroatoms. The molecule has 4 aromatic carbocycles. The first-order chi connectivity index (χ1) is 48.4. The quantitative estimate of drug-likeness (QED) is 0.0385. The number of alkyl carbamates (subject to hydrolysis) is 2. The molecule has 8 aliphatic heterocycles. The summed E-state index contributed by atoms with van der Waals surface area (Å²) >= 11 is 0. The van der Waals surface area contributed by atoms with Gasteiger partial charge in [-0.3, -0.25) is 50.5 Å². The molecule has 8 heterocycles. The molecular formula is C75H117N12NaO13. The maximum Gasteiger partial charge on any atom is 1.00 e. The number of carbonyl (C=O) groups excluding carboxylic acids is 6. The summed E-state index contributed by atoms with van der Waals surface area (Å²) in [6.07, 6.45) is 15.7. The fourth-order valence-corrected chi connectivity index (χ4v) is 13.5. The van der Waals surface area contributed by atoms with E-state index in [0.29, 0.717) is 50.3 Å². The Morgan fingerprint density at radius 2 is 0.842 bits per heavy atom. The minimum absolute atomic E-state index is 0. The smallest absolute Gasteiger partial charge is 0.444 e. The number of rotatable bonds is 13. The molecule has 2 spiro atoms. The molecule has 4 aromatic rings. The Hall–Kier alpha value is -5.98. The van der Waals surface area contributed by atoms with Crippen molar-refractivity contribution in [1.82, 2.24) is 40.9 Å². The van der Waals surface area contributed by atoms with E-state index in [9.17, 15) is 39.0 Å². The molecule has 13 N–H and O–H groups in total. The summed E-state index contributed by atoms with van der Waals surface area (Å²) in [5, 5.41) is 49.0. The fourth-order valence-electron chi connectivity index (χ4n) is 13.5. The fraction of sp³-hybridized carbons (Fsp3) is 0.600. The zero-order valence-electron chi connectivity index (χ0n) is 60.5. The van der Waals surface area contributed by atoms with E-state index >= 15 is 0 Å². The van der Waals surface area contributed by atoms with E-state index < -0.39 is 11.2 Å². The molecule has 8 aliphatic rings. The third-order valence-electron chi connectivity index (χ3n) is 18.8. The van der Waals surface area contributed by atoms with Crippen LogP contribution in [0, 0.1) is 10.1 Å². The second-order valence-electron chi connectivity index (χ2n) is 26.9. The Balaban J connectivity index is 0.000000314. The molecule has 101 heavy (non-hydrogen) atoms. The number of nitrogens with zero attached hydrogens (tertiary/aromatic N) is 5. The molecule has 25 nitrogen and oxygen atoms in total. The molecule has 8 fully saturated rings. The molecule has 0 aromatic heterocycles. The van der Waals surface area contributed by atoms with Crippen LogP contribution in [-0.4, -0.2) is 198 Å². The number of likely N-dealkylation sites (tertiary alicyclic amines) is 4. The molecule has 8 saturated heterocycles. The first-order valence-corrected chi connectivity index (χ1v) is 35.7. The normalized spacial score (nSPS) is 23.8. The Labute approximate surface area is 621 Å². The molecule has 2 amide bonds. The largest absolute Gasteiger partial charge is 1.00 e. The Bertz CT molecular complexity index is 2920. The van der Waals surface area contributed by atoms with Crippen LogP contribution in [0.4, 0.5) is 9.59 Å². The van der Waals surface area contributed by atoms with Crippen LogP contribution in [-0.2, 0) is 54.8 Å². The van der Waals surface area contributed by atoms with Gasteiger partial charge in [0.1, 0.15) is 34.3 Å². The molecule has 0 saturated carbocycles. The molecular weight excluding hydrogens is 1300 g/mol. The molecule has 12 rings (SSSR count). The van der Waals surface area contributed by atoms with Crippen molar-refractivity contribution in [2.45, 2.75) is 184 Å². The van der Waals surface area contributed by atoms with Crippen molar-refractivity contribution < 1.29 is 83.1 Å². The number of amides is 2. The molecule has 556 valence electrons. The summed E-state index contributed by atoms with van der Waals surface area (Å²) in [6, 6.07) is 41.7. The minimum atomic E-state index is -0.859. The zero-order valence-corrected chi connectivity index (χ0v) is 62.5. The van der Waals surface area contributed by atoms with Crippen molar-refractivity contribution in [3.63, 3.8) is 0 Å². The van der Waals surface area contributed by atoms with Crippen LogP contribution >= 0.6 is 0 Å². The van der Waals surface area contributed by atoms with Gasteiger partial charge in [-0.25, -0.2) is 9.59 Å². The topological polar surface area (TPSA) is 373 Å². The van der Waals surface area contributed by atoms with E-state index in [1.54, 1.807) is 6.92 Å². The van der Waals surface area contributed by atoms with Gasteiger partial charge in [-0.15, -0.1) is 5.34 Å². The average molecular weight is 1420 g/mol. The van der Waals surface area contributed by atoms with Crippen LogP contribution in [0.1, 0.15) is 158 Å². The summed E-state index contributed by atoms with van der Waals surface area (Å²) in [6.45, 7) is 18.3. The van der Waals surface area contributed by atoms with Crippen LogP contribution in [0.2, 0.25) is 0 Å². The molecule has 0 bridgehead atoms. The number of ether oxygens (including phenoxy) is 2. The first-order valence-electron chi connectivity index (χ1n) is 35.7. The summed E-state index contributed by atoms with van der Waals surface area (Å²) in [4.78, 5) is 84.3. The number of hydrogen-bond donors (Lipinski definition) is 10. The van der Waals surface area contributed by atoms with Crippen molar-refractivity contribution in [2.75, 3.05) is 105 Å². The Kier molecular flexibility index (Phi) is 45.3. The van der Waals surface area contributed by atoms with E-state index in [1.807, 2.05) is 36.4 Å². The van der Waals surface area contributed by atoms with Crippen LogP contribution in [0.15, 0.2) is 127 Å². The predicted molar refractivity (Wildman–Crippen MR) is 390 cm³/mol. The summed E-state index contributed by atoms with van der Waals surface area (Å²) < 4.78 is 10.8. The van der Waals surface area contributed by atoms with Crippen molar-refractivity contribution >= 4 is 35.3 Å². The van der Waals surface area contributed by atoms with Crippen LogP contribution in [0.3, 0.4) is 0 Å². The SMILES string of the molecule is CC(=O)CC1(O)CCCN(Cc2ccccc2)CC1.CO.NCC(=O)CC1(O)CCCN(Cc2ccccc2)CC1.NN.O=C1CCCN(Cc2ccccc2)CC1.O=C1CCCNCC1.O=C1NCC2(CCCN(Cc3ccccc3)CC2)O1.O=C1NCC2(CCCNCC2)O1.O=N[O-].[Na+]. The van der Waals surface area contributed by atoms with E-state index in [4.69, 9.17) is 30.4 Å². The molecule has 0 radical (unpaired) electrons. The van der Waals surface area contributed by atoms with Crippen molar-refractivity contribution in [2.24, 2.45) is 22.8 Å². The van der Waals surface area contributed by atoms with Crippen LogP contribution in [0.5, 0.6) is 0 Å². The maximum atomic E-state index is 11.5. The van der Waals surface area contributed by atoms with Crippen LogP contribution < -0.4 is 68.2 Å². The number of aliphatic hydroxyl groups excluding tert-OH is 1. The van der Waals surface area contributed by atoms with Crippen molar-refractivity contribution in [3.8, 4) is 0 Å². The van der Waals surface area contributed by atoms with Gasteiger partial charge < -0.3 is 61.9 Å². The van der Waals surface area contributed by atoms with E-state index in [2.05, 4.69) is 137 Å². The number of carbonyl (C=O) groups is 6. The maximum absolute atomic E-state index is 11.5. The summed E-state index contributed by atoms with van der Waals surface area (Å²) in [5.41, 5.74) is 8.54. The molecule has 4 unspecified atom stereocenters. The predicted octanol–water partition coefficient (Wildman–Crippen LogP) is 4.35.